The van der Waals surface area contributed by atoms with Crippen LogP contribution in [0.4, 0.5) is 0 Å². The summed E-state index contributed by atoms with van der Waals surface area (Å²) in [6, 6.07) is 9.05. The largest absolute Gasteiger partial charge is 0.497 e. The molecule has 96 valence electrons. The molecule has 3 rings (SSSR count). The monoisotopic (exact) mass is 262 g/mol. The zero-order valence-electron chi connectivity index (χ0n) is 10.8. The zero-order chi connectivity index (χ0) is 12.5. The number of methoxy groups -OCH3 is 1. The molecule has 1 N–H and O–H groups in total. The summed E-state index contributed by atoms with van der Waals surface area (Å²) in [5.74, 6) is 0.931. The van der Waals surface area contributed by atoms with Crippen molar-refractivity contribution >= 4 is 21.4 Å². The second-order valence-electron chi connectivity index (χ2n) is 4.82. The van der Waals surface area contributed by atoms with Gasteiger partial charge in [-0.25, -0.2) is 0 Å². The van der Waals surface area contributed by atoms with Crippen LogP contribution in [0.25, 0.3) is 10.1 Å². The first-order valence-corrected chi connectivity index (χ1v) is 7.07. The van der Waals surface area contributed by atoms with Gasteiger partial charge in [0.1, 0.15) is 5.75 Å². The molecule has 0 bridgehead atoms. The summed E-state index contributed by atoms with van der Waals surface area (Å²) >= 11 is 1.88. The fraction of sp³-hybridized carbons (Fsp3) is 0.429. The van der Waals surface area contributed by atoms with E-state index in [1.165, 1.54) is 15.0 Å². The number of piperazine rings is 1. The standard InChI is InChI=1S/C14H18N2OS/c1-16-6-5-15-12(9-16)14-8-10-7-11(17-2)3-4-13(10)18-14/h3-4,7-8,12,15H,5-6,9H2,1-2H3. The lowest BCUT2D eigenvalue weighted by Crippen LogP contribution is -2.43. The van der Waals surface area contributed by atoms with Gasteiger partial charge in [-0.3, -0.25) is 0 Å². The van der Waals surface area contributed by atoms with Crippen LogP contribution in [0.3, 0.4) is 0 Å². The van der Waals surface area contributed by atoms with Gasteiger partial charge in [-0.15, -0.1) is 11.3 Å². The van der Waals surface area contributed by atoms with Gasteiger partial charge >= 0.3 is 0 Å². The number of ether oxygens (including phenoxy) is 1. The Labute approximate surface area is 111 Å². The number of likely N-dealkylation sites (N-methyl/N-ethyl adjacent to an activating group) is 1. The number of nitrogens with zero attached hydrogens (tertiary/aromatic N) is 1. The highest BCUT2D eigenvalue weighted by Gasteiger charge is 2.20. The maximum Gasteiger partial charge on any atom is 0.119 e. The second kappa shape index (κ2) is 4.88. The maximum absolute atomic E-state index is 5.27. The maximum atomic E-state index is 5.27. The molecule has 1 atom stereocenters. The van der Waals surface area contributed by atoms with Crippen LogP contribution in [0.5, 0.6) is 5.75 Å². The van der Waals surface area contributed by atoms with E-state index in [0.717, 1.165) is 25.4 Å². The number of thiophene rings is 1. The van der Waals surface area contributed by atoms with Crippen molar-refractivity contribution in [1.82, 2.24) is 10.2 Å². The minimum atomic E-state index is 0.465. The Morgan fingerprint density at radius 1 is 1.39 bits per heavy atom. The first-order chi connectivity index (χ1) is 8.76. The first kappa shape index (κ1) is 12.0. The lowest BCUT2D eigenvalue weighted by Gasteiger charge is -2.30. The van der Waals surface area contributed by atoms with Crippen LogP contribution in [0.1, 0.15) is 10.9 Å². The van der Waals surface area contributed by atoms with Crippen molar-refractivity contribution in [3.8, 4) is 5.75 Å². The van der Waals surface area contributed by atoms with Gasteiger partial charge in [0, 0.05) is 29.2 Å². The molecular weight excluding hydrogens is 244 g/mol. The molecular formula is C14H18N2OS. The van der Waals surface area contributed by atoms with E-state index in [1.54, 1.807) is 7.11 Å². The van der Waals surface area contributed by atoms with Crippen molar-refractivity contribution in [1.29, 1.82) is 0 Å². The topological polar surface area (TPSA) is 24.5 Å². The molecule has 2 heterocycles. The third-order valence-corrected chi connectivity index (χ3v) is 4.69. The molecule has 1 aromatic carbocycles. The van der Waals surface area contributed by atoms with Crippen LogP contribution in [-0.4, -0.2) is 38.7 Å². The van der Waals surface area contributed by atoms with Gasteiger partial charge in [-0.2, -0.15) is 0 Å². The van der Waals surface area contributed by atoms with E-state index in [-0.39, 0.29) is 0 Å². The minimum Gasteiger partial charge on any atom is -0.497 e. The van der Waals surface area contributed by atoms with E-state index in [2.05, 4.69) is 35.5 Å². The van der Waals surface area contributed by atoms with Crippen LogP contribution < -0.4 is 10.1 Å². The molecule has 1 saturated heterocycles. The Morgan fingerprint density at radius 2 is 2.28 bits per heavy atom. The SMILES string of the molecule is COc1ccc2sc(C3CN(C)CCN3)cc2c1. The highest BCUT2D eigenvalue weighted by Crippen LogP contribution is 2.33. The number of hydrogen-bond acceptors (Lipinski definition) is 4. The number of fused-ring (bicyclic) bond motifs is 1. The fourth-order valence-electron chi connectivity index (χ4n) is 2.43. The highest BCUT2D eigenvalue weighted by atomic mass is 32.1. The molecule has 18 heavy (non-hydrogen) atoms. The molecule has 0 amide bonds. The van der Waals surface area contributed by atoms with Gasteiger partial charge in [0.05, 0.1) is 13.2 Å². The van der Waals surface area contributed by atoms with E-state index in [1.807, 2.05) is 17.4 Å². The summed E-state index contributed by atoms with van der Waals surface area (Å²) in [6.07, 6.45) is 0. The van der Waals surface area contributed by atoms with Crippen LogP contribution in [-0.2, 0) is 0 Å². The first-order valence-electron chi connectivity index (χ1n) is 6.25. The van der Waals surface area contributed by atoms with E-state index in [4.69, 9.17) is 4.74 Å². The quantitative estimate of drug-likeness (QED) is 0.900. The molecule has 1 fully saturated rings. The molecule has 0 saturated carbocycles. The summed E-state index contributed by atoms with van der Waals surface area (Å²) < 4.78 is 6.61. The third kappa shape index (κ3) is 2.23. The molecule has 1 unspecified atom stereocenters. The van der Waals surface area contributed by atoms with Crippen molar-refractivity contribution < 1.29 is 4.74 Å². The second-order valence-corrected chi connectivity index (χ2v) is 5.94. The molecule has 0 radical (unpaired) electrons. The Balaban J connectivity index is 1.92. The molecule has 0 spiro atoms. The van der Waals surface area contributed by atoms with Crippen molar-refractivity contribution in [2.24, 2.45) is 0 Å². The molecule has 4 heteroatoms. The number of rotatable bonds is 2. The summed E-state index contributed by atoms with van der Waals surface area (Å²) in [7, 11) is 3.90. The summed E-state index contributed by atoms with van der Waals surface area (Å²) in [5, 5.41) is 4.87. The average Bonchev–Trinajstić information content (AvgIpc) is 2.81. The van der Waals surface area contributed by atoms with E-state index in [0.29, 0.717) is 6.04 Å². The predicted octanol–water partition coefficient (Wildman–Crippen LogP) is 2.49. The van der Waals surface area contributed by atoms with Crippen molar-refractivity contribution in [3.05, 3.63) is 29.1 Å². The Bertz CT molecular complexity index is 552. The van der Waals surface area contributed by atoms with E-state index in [9.17, 15) is 0 Å². The predicted molar refractivity (Wildman–Crippen MR) is 76.6 cm³/mol. The Hall–Kier alpha value is -1.10. The lowest BCUT2D eigenvalue weighted by molar-refractivity contribution is 0.243. The molecule has 0 aliphatic carbocycles. The Morgan fingerprint density at radius 3 is 3.06 bits per heavy atom. The lowest BCUT2D eigenvalue weighted by atomic mass is 10.1. The molecule has 1 aliphatic rings. The van der Waals surface area contributed by atoms with Crippen LogP contribution in [0.2, 0.25) is 0 Å². The van der Waals surface area contributed by atoms with Gasteiger partial charge in [0.25, 0.3) is 0 Å². The van der Waals surface area contributed by atoms with Crippen molar-refractivity contribution in [2.75, 3.05) is 33.8 Å². The van der Waals surface area contributed by atoms with Crippen molar-refractivity contribution in [2.45, 2.75) is 6.04 Å². The van der Waals surface area contributed by atoms with Gasteiger partial charge in [0.2, 0.25) is 0 Å². The molecule has 1 aromatic heterocycles. The minimum absolute atomic E-state index is 0.465. The van der Waals surface area contributed by atoms with Gasteiger partial charge in [-0.1, -0.05) is 0 Å². The highest BCUT2D eigenvalue weighted by molar-refractivity contribution is 7.19. The number of nitrogens with one attached hydrogen (secondary N) is 1. The zero-order valence-corrected chi connectivity index (χ0v) is 11.6. The normalized spacial score (nSPS) is 21.3. The van der Waals surface area contributed by atoms with Crippen LogP contribution in [0, 0.1) is 0 Å². The molecule has 2 aromatic rings. The summed E-state index contributed by atoms with van der Waals surface area (Å²) in [4.78, 5) is 3.80. The van der Waals surface area contributed by atoms with E-state index < -0.39 is 0 Å². The average molecular weight is 262 g/mol. The van der Waals surface area contributed by atoms with Gasteiger partial charge < -0.3 is 15.0 Å². The number of benzene rings is 1. The Kier molecular flexibility index (Phi) is 3.24. The van der Waals surface area contributed by atoms with E-state index >= 15 is 0 Å². The van der Waals surface area contributed by atoms with Gasteiger partial charge in [0.15, 0.2) is 0 Å². The molecule has 1 aliphatic heterocycles. The fourth-order valence-corrected chi connectivity index (χ4v) is 3.54. The van der Waals surface area contributed by atoms with Crippen molar-refractivity contribution in [3.63, 3.8) is 0 Å². The third-order valence-electron chi connectivity index (χ3n) is 3.46. The molecule has 3 nitrogen and oxygen atoms in total. The van der Waals surface area contributed by atoms with Crippen LogP contribution in [0.15, 0.2) is 24.3 Å². The number of hydrogen-bond donors (Lipinski definition) is 1. The summed E-state index contributed by atoms with van der Waals surface area (Å²) in [5.41, 5.74) is 0. The smallest absolute Gasteiger partial charge is 0.119 e. The summed E-state index contributed by atoms with van der Waals surface area (Å²) in [6.45, 7) is 3.29. The van der Waals surface area contributed by atoms with Crippen LogP contribution >= 0.6 is 11.3 Å². The van der Waals surface area contributed by atoms with Gasteiger partial charge in [-0.05, 0) is 36.7 Å².